The lowest BCUT2D eigenvalue weighted by Gasteiger charge is -2.23. The van der Waals surface area contributed by atoms with E-state index in [1.54, 1.807) is 12.1 Å². The first-order valence-electron chi connectivity index (χ1n) is 6.81. The Labute approximate surface area is 109 Å². The molecule has 0 aliphatic rings. The van der Waals surface area contributed by atoms with E-state index in [0.29, 0.717) is 11.5 Å². The van der Waals surface area contributed by atoms with Gasteiger partial charge in [0.15, 0.2) is 11.6 Å². The van der Waals surface area contributed by atoms with Crippen LogP contribution in [0.15, 0.2) is 18.2 Å². The zero-order valence-corrected chi connectivity index (χ0v) is 11.5. The van der Waals surface area contributed by atoms with Crippen molar-refractivity contribution in [3.05, 3.63) is 35.4 Å². The van der Waals surface area contributed by atoms with Gasteiger partial charge in [0, 0.05) is 11.6 Å². The molecule has 0 heterocycles. The molecule has 1 unspecified atom stereocenters. The minimum atomic E-state index is -0.764. The SMILES string of the molecule is CCNC(CC(CC)CC)c1cccc(F)c1F. The Morgan fingerprint density at radius 1 is 1.11 bits per heavy atom. The molecular formula is C15H23F2N. The van der Waals surface area contributed by atoms with Gasteiger partial charge in [0.2, 0.25) is 0 Å². The molecule has 1 N–H and O–H groups in total. The van der Waals surface area contributed by atoms with E-state index in [4.69, 9.17) is 0 Å². The van der Waals surface area contributed by atoms with Crippen molar-refractivity contribution in [2.45, 2.75) is 46.1 Å². The van der Waals surface area contributed by atoms with Crippen molar-refractivity contribution in [1.82, 2.24) is 5.32 Å². The highest BCUT2D eigenvalue weighted by Crippen LogP contribution is 2.27. The van der Waals surface area contributed by atoms with Crippen LogP contribution in [-0.2, 0) is 0 Å². The van der Waals surface area contributed by atoms with Gasteiger partial charge in [0.05, 0.1) is 0 Å². The van der Waals surface area contributed by atoms with Gasteiger partial charge in [-0.2, -0.15) is 0 Å². The van der Waals surface area contributed by atoms with E-state index in [-0.39, 0.29) is 6.04 Å². The zero-order valence-electron chi connectivity index (χ0n) is 11.5. The molecule has 0 bridgehead atoms. The van der Waals surface area contributed by atoms with Gasteiger partial charge in [-0.25, -0.2) is 8.78 Å². The summed E-state index contributed by atoms with van der Waals surface area (Å²) in [7, 11) is 0. The Morgan fingerprint density at radius 3 is 2.33 bits per heavy atom. The van der Waals surface area contributed by atoms with Crippen LogP contribution < -0.4 is 5.32 Å². The second kappa shape index (κ2) is 7.47. The smallest absolute Gasteiger partial charge is 0.163 e. The summed E-state index contributed by atoms with van der Waals surface area (Å²) < 4.78 is 27.1. The van der Waals surface area contributed by atoms with Crippen molar-refractivity contribution in [2.24, 2.45) is 5.92 Å². The average Bonchev–Trinajstić information content (AvgIpc) is 2.38. The standard InChI is InChI=1S/C15H23F2N/c1-4-11(5-2)10-14(18-6-3)12-8-7-9-13(16)15(12)17/h7-9,11,14,18H,4-6,10H2,1-3H3. The lowest BCUT2D eigenvalue weighted by molar-refractivity contribution is 0.363. The van der Waals surface area contributed by atoms with Crippen molar-refractivity contribution in [1.29, 1.82) is 0 Å². The maximum atomic E-state index is 13.8. The molecule has 1 nitrogen and oxygen atoms in total. The molecule has 0 saturated carbocycles. The largest absolute Gasteiger partial charge is 0.310 e. The number of hydrogen-bond donors (Lipinski definition) is 1. The van der Waals surface area contributed by atoms with Crippen LogP contribution in [0.2, 0.25) is 0 Å². The maximum Gasteiger partial charge on any atom is 0.163 e. The van der Waals surface area contributed by atoms with E-state index in [1.807, 2.05) is 6.92 Å². The quantitative estimate of drug-likeness (QED) is 0.759. The molecule has 0 aliphatic heterocycles. The fourth-order valence-electron chi connectivity index (χ4n) is 2.31. The van der Waals surface area contributed by atoms with Crippen molar-refractivity contribution in [3.8, 4) is 0 Å². The first-order valence-corrected chi connectivity index (χ1v) is 6.81. The van der Waals surface area contributed by atoms with Gasteiger partial charge >= 0.3 is 0 Å². The summed E-state index contributed by atoms with van der Waals surface area (Å²) in [5, 5.41) is 3.26. The molecule has 1 atom stereocenters. The molecule has 0 spiro atoms. The van der Waals surface area contributed by atoms with Crippen LogP contribution in [0, 0.1) is 17.6 Å². The van der Waals surface area contributed by atoms with Crippen LogP contribution in [0.3, 0.4) is 0 Å². The van der Waals surface area contributed by atoms with E-state index in [9.17, 15) is 8.78 Å². The van der Waals surface area contributed by atoms with E-state index in [0.717, 1.165) is 25.8 Å². The third-order valence-corrected chi connectivity index (χ3v) is 3.53. The third kappa shape index (κ3) is 3.77. The minimum Gasteiger partial charge on any atom is -0.310 e. The van der Waals surface area contributed by atoms with Crippen LogP contribution >= 0.6 is 0 Å². The van der Waals surface area contributed by atoms with Crippen LogP contribution in [0.4, 0.5) is 8.78 Å². The van der Waals surface area contributed by atoms with Gasteiger partial charge < -0.3 is 5.32 Å². The Morgan fingerprint density at radius 2 is 1.78 bits per heavy atom. The summed E-state index contributed by atoms with van der Waals surface area (Å²) >= 11 is 0. The molecule has 1 aromatic rings. The second-order valence-corrected chi connectivity index (χ2v) is 4.67. The Balaban J connectivity index is 2.93. The molecule has 18 heavy (non-hydrogen) atoms. The van der Waals surface area contributed by atoms with Gasteiger partial charge in [0.25, 0.3) is 0 Å². The molecule has 3 heteroatoms. The molecule has 0 aromatic heterocycles. The molecule has 102 valence electrons. The van der Waals surface area contributed by atoms with Crippen LogP contribution in [-0.4, -0.2) is 6.54 Å². The molecule has 0 fully saturated rings. The second-order valence-electron chi connectivity index (χ2n) is 4.67. The minimum absolute atomic E-state index is 0.101. The number of nitrogens with one attached hydrogen (secondary N) is 1. The fraction of sp³-hybridized carbons (Fsp3) is 0.600. The molecule has 1 aromatic carbocycles. The molecule has 0 aliphatic carbocycles. The van der Waals surface area contributed by atoms with Gasteiger partial charge in [0.1, 0.15) is 0 Å². The average molecular weight is 255 g/mol. The predicted octanol–water partition coefficient (Wildman–Crippen LogP) is 4.44. The summed E-state index contributed by atoms with van der Waals surface area (Å²) in [4.78, 5) is 0. The number of rotatable bonds is 7. The van der Waals surface area contributed by atoms with E-state index >= 15 is 0 Å². The van der Waals surface area contributed by atoms with Crippen LogP contribution in [0.1, 0.15) is 51.6 Å². The number of halogens is 2. The van der Waals surface area contributed by atoms with Crippen LogP contribution in [0.25, 0.3) is 0 Å². The monoisotopic (exact) mass is 255 g/mol. The summed E-state index contributed by atoms with van der Waals surface area (Å²) in [5.41, 5.74) is 0.448. The summed E-state index contributed by atoms with van der Waals surface area (Å²) in [6.45, 7) is 7.01. The van der Waals surface area contributed by atoms with E-state index in [2.05, 4.69) is 19.2 Å². The fourth-order valence-corrected chi connectivity index (χ4v) is 2.31. The molecule has 0 amide bonds. The Hall–Kier alpha value is -0.960. The summed E-state index contributed by atoms with van der Waals surface area (Å²) in [5.74, 6) is -0.939. The molecular weight excluding hydrogens is 232 g/mol. The Kier molecular flexibility index (Phi) is 6.27. The van der Waals surface area contributed by atoms with Crippen molar-refractivity contribution >= 4 is 0 Å². The highest BCUT2D eigenvalue weighted by atomic mass is 19.2. The van der Waals surface area contributed by atoms with Crippen LogP contribution in [0.5, 0.6) is 0 Å². The maximum absolute atomic E-state index is 13.8. The summed E-state index contributed by atoms with van der Waals surface area (Å²) in [6.07, 6.45) is 2.98. The highest BCUT2D eigenvalue weighted by molar-refractivity contribution is 5.22. The van der Waals surface area contributed by atoms with Crippen molar-refractivity contribution in [2.75, 3.05) is 6.54 Å². The lowest BCUT2D eigenvalue weighted by atomic mass is 9.91. The zero-order chi connectivity index (χ0) is 13.5. The first kappa shape index (κ1) is 15.1. The van der Waals surface area contributed by atoms with Gasteiger partial charge in [-0.3, -0.25) is 0 Å². The topological polar surface area (TPSA) is 12.0 Å². The third-order valence-electron chi connectivity index (χ3n) is 3.53. The number of benzene rings is 1. The lowest BCUT2D eigenvalue weighted by Crippen LogP contribution is -2.24. The van der Waals surface area contributed by atoms with Crippen molar-refractivity contribution in [3.63, 3.8) is 0 Å². The Bertz CT molecular complexity index is 362. The van der Waals surface area contributed by atoms with E-state index < -0.39 is 11.6 Å². The van der Waals surface area contributed by atoms with Gasteiger partial charge in [-0.15, -0.1) is 0 Å². The number of hydrogen-bond acceptors (Lipinski definition) is 1. The van der Waals surface area contributed by atoms with Gasteiger partial charge in [-0.05, 0) is 24.9 Å². The first-order chi connectivity index (χ1) is 8.63. The van der Waals surface area contributed by atoms with Gasteiger partial charge in [-0.1, -0.05) is 45.7 Å². The molecule has 0 saturated heterocycles. The summed E-state index contributed by atoms with van der Waals surface area (Å²) in [6, 6.07) is 4.31. The normalized spacial score (nSPS) is 13.0. The van der Waals surface area contributed by atoms with E-state index in [1.165, 1.54) is 6.07 Å². The molecule has 0 radical (unpaired) electrons. The predicted molar refractivity (Wildman–Crippen MR) is 71.5 cm³/mol. The van der Waals surface area contributed by atoms with Crippen molar-refractivity contribution < 1.29 is 8.78 Å². The molecule has 1 rings (SSSR count). The highest BCUT2D eigenvalue weighted by Gasteiger charge is 2.20.